The van der Waals surface area contributed by atoms with Crippen LogP contribution in [0.3, 0.4) is 0 Å². The van der Waals surface area contributed by atoms with Crippen LogP contribution in [0.15, 0.2) is 58.9 Å². The zero-order valence-corrected chi connectivity index (χ0v) is 29.7. The van der Waals surface area contributed by atoms with E-state index in [9.17, 15) is 24.6 Å². The van der Waals surface area contributed by atoms with Crippen molar-refractivity contribution < 1.29 is 48.4 Å². The summed E-state index contributed by atoms with van der Waals surface area (Å²) in [4.78, 5) is 70.9. The number of hydrogen-bond donors (Lipinski definition) is 2. The van der Waals surface area contributed by atoms with Crippen molar-refractivity contribution in [3.8, 4) is 0 Å². The van der Waals surface area contributed by atoms with E-state index in [0.717, 1.165) is 0 Å². The Kier molecular flexibility index (Phi) is 7.96. The maximum absolute atomic E-state index is 15.1. The molecule has 2 fully saturated rings. The normalized spacial score (nSPS) is 45.6. The topological polar surface area (TPSA) is 154 Å². The number of aliphatic hydroxyl groups is 2. The summed E-state index contributed by atoms with van der Waals surface area (Å²) >= 11 is 0. The predicted molar refractivity (Wildman–Crippen MR) is 180 cm³/mol. The van der Waals surface area contributed by atoms with Gasteiger partial charge in [0.25, 0.3) is 0 Å². The van der Waals surface area contributed by atoms with Gasteiger partial charge in [0.05, 0.1) is 11.8 Å². The van der Waals surface area contributed by atoms with Gasteiger partial charge in [-0.2, -0.15) is 0 Å². The molecule has 0 unspecified atom stereocenters. The molecule has 0 saturated heterocycles. The molecule has 0 aromatic carbocycles. The van der Waals surface area contributed by atoms with Gasteiger partial charge in [0.2, 0.25) is 5.78 Å². The van der Waals surface area contributed by atoms with Gasteiger partial charge in [-0.1, -0.05) is 38.2 Å². The average Bonchev–Trinajstić information content (AvgIpc) is 3.83. The van der Waals surface area contributed by atoms with E-state index in [-0.39, 0.29) is 30.2 Å². The highest BCUT2D eigenvalue weighted by Crippen LogP contribution is 2.64. The van der Waals surface area contributed by atoms with Crippen LogP contribution in [0.4, 0.5) is 0 Å². The van der Waals surface area contributed by atoms with Crippen molar-refractivity contribution in [2.45, 2.75) is 110 Å². The van der Waals surface area contributed by atoms with E-state index in [1.165, 1.54) is 6.92 Å². The standard InChI is InChI=1S/C40H48O10/c1-17(2)22-11-9-20-13-26(48-36(20)46)38(6)15-24(38)32(43)28-19(5)34(30(22)41)50-40(8)29(28)33(44)25-16-39(25,7)27-14-21(37(47)49-27)10-12-23(18(3)4)31(42)35(40)45/h13-14,22-31,41-42H,1,3,9-12,15-16H2,2,4-8H3/t22-,23-,24-,25-,26+,27+,28-,29-,30-,31+,38+,39+,40-/m0/s1. The van der Waals surface area contributed by atoms with Crippen molar-refractivity contribution in [1.29, 1.82) is 0 Å². The third-order valence-corrected chi connectivity index (χ3v) is 13.5. The van der Waals surface area contributed by atoms with Crippen LogP contribution in [0.25, 0.3) is 0 Å². The Bertz CT molecular complexity index is 1750. The fourth-order valence-corrected chi connectivity index (χ4v) is 9.68. The highest BCUT2D eigenvalue weighted by atomic mass is 16.6. The Balaban J connectivity index is 1.41. The molecule has 10 heteroatoms. The van der Waals surface area contributed by atoms with Gasteiger partial charge in [-0.15, -0.1) is 0 Å². The lowest BCUT2D eigenvalue weighted by Crippen LogP contribution is -2.61. The van der Waals surface area contributed by atoms with E-state index in [1.54, 1.807) is 32.9 Å². The molecule has 2 saturated carbocycles. The molecule has 13 atom stereocenters. The van der Waals surface area contributed by atoms with Gasteiger partial charge in [0.1, 0.15) is 41.7 Å². The van der Waals surface area contributed by atoms with Crippen LogP contribution in [0.5, 0.6) is 0 Å². The SMILES string of the molecule is C=C(C)[C@@H]1CCC2=C[C@@H](OC2=O)[C@]2(C)C[C@H]2C(=O)[C@H]2C(C)=C(O[C@]3(C)C(=O)[C@H](O)[C@H](C(=C)C)CCC4=C[C@@H](OC4=O)[C@]4(C)C[C@H]4C(=O)[C@H]23)[C@H]1O. The Morgan fingerprint density at radius 2 is 1.22 bits per heavy atom. The number of aliphatic hydroxyl groups excluding tert-OH is 2. The molecule has 0 amide bonds. The van der Waals surface area contributed by atoms with Gasteiger partial charge >= 0.3 is 11.9 Å². The van der Waals surface area contributed by atoms with E-state index in [1.807, 2.05) is 13.8 Å². The molecule has 6 bridgehead atoms. The van der Waals surface area contributed by atoms with E-state index in [2.05, 4.69) is 13.2 Å². The summed E-state index contributed by atoms with van der Waals surface area (Å²) in [6.07, 6.45) is 1.03. The summed E-state index contributed by atoms with van der Waals surface area (Å²) in [6, 6.07) is 0. The lowest BCUT2D eigenvalue weighted by molar-refractivity contribution is -0.172. The molecule has 3 heterocycles. The minimum atomic E-state index is -2.05. The molecule has 4 aliphatic carbocycles. The van der Waals surface area contributed by atoms with Crippen LogP contribution in [0.1, 0.15) is 80.1 Å². The minimum absolute atomic E-state index is 0.0124. The van der Waals surface area contributed by atoms with Crippen molar-refractivity contribution in [2.24, 2.45) is 46.3 Å². The maximum Gasteiger partial charge on any atom is 0.334 e. The van der Waals surface area contributed by atoms with Crippen molar-refractivity contribution in [3.05, 3.63) is 58.9 Å². The minimum Gasteiger partial charge on any atom is -0.480 e. The third-order valence-electron chi connectivity index (χ3n) is 13.5. The second kappa shape index (κ2) is 11.4. The second-order valence-electron chi connectivity index (χ2n) is 16.8. The second-order valence-corrected chi connectivity index (χ2v) is 16.8. The van der Waals surface area contributed by atoms with Crippen molar-refractivity contribution in [3.63, 3.8) is 0 Å². The average molecular weight is 689 g/mol. The smallest absolute Gasteiger partial charge is 0.334 e. The molecule has 268 valence electrons. The lowest BCUT2D eigenvalue weighted by atomic mass is 9.63. The first-order chi connectivity index (χ1) is 23.3. The van der Waals surface area contributed by atoms with Gasteiger partial charge < -0.3 is 24.4 Å². The Morgan fingerprint density at radius 1 is 0.760 bits per heavy atom. The summed E-state index contributed by atoms with van der Waals surface area (Å²) in [6.45, 7) is 18.5. The van der Waals surface area contributed by atoms with Crippen LogP contribution in [-0.2, 0) is 38.2 Å². The van der Waals surface area contributed by atoms with Gasteiger partial charge in [-0.3, -0.25) is 14.4 Å². The zero-order valence-electron chi connectivity index (χ0n) is 29.7. The van der Waals surface area contributed by atoms with E-state index in [4.69, 9.17) is 14.2 Å². The quantitative estimate of drug-likeness (QED) is 0.315. The number of rotatable bonds is 2. The number of ether oxygens (including phenoxy) is 3. The molecule has 7 rings (SSSR count). The van der Waals surface area contributed by atoms with Crippen LogP contribution >= 0.6 is 0 Å². The monoisotopic (exact) mass is 688 g/mol. The van der Waals surface area contributed by atoms with E-state index >= 15 is 9.59 Å². The molecule has 0 aromatic rings. The van der Waals surface area contributed by atoms with Crippen LogP contribution in [0.2, 0.25) is 0 Å². The highest BCUT2D eigenvalue weighted by molar-refractivity contribution is 6.04. The van der Waals surface area contributed by atoms with Gasteiger partial charge in [-0.05, 0) is 83.9 Å². The number of fused-ring (bicyclic) bond motifs is 9. The lowest BCUT2D eigenvalue weighted by Gasteiger charge is -2.48. The molecule has 2 N–H and O–H groups in total. The summed E-state index contributed by atoms with van der Waals surface area (Å²) < 4.78 is 18.3. The Labute approximate surface area is 292 Å². The number of esters is 2. The Hall–Kier alpha value is -3.63. The fourth-order valence-electron chi connectivity index (χ4n) is 9.68. The fraction of sp³-hybridized carbons (Fsp3) is 0.625. The van der Waals surface area contributed by atoms with Crippen LogP contribution < -0.4 is 0 Å². The first-order valence-corrected chi connectivity index (χ1v) is 17.9. The zero-order chi connectivity index (χ0) is 36.4. The van der Waals surface area contributed by atoms with Gasteiger partial charge in [0.15, 0.2) is 5.60 Å². The number of allylic oxidation sites excluding steroid dienone is 1. The summed E-state index contributed by atoms with van der Waals surface area (Å²) in [5.41, 5.74) is -1.16. The number of hydrogen-bond acceptors (Lipinski definition) is 10. The third kappa shape index (κ3) is 4.99. The molecule has 10 nitrogen and oxygen atoms in total. The van der Waals surface area contributed by atoms with E-state index in [0.29, 0.717) is 53.5 Å². The van der Waals surface area contributed by atoms with Crippen molar-refractivity contribution in [1.82, 2.24) is 0 Å². The number of carbonyl (C=O) groups is 5. The largest absolute Gasteiger partial charge is 0.480 e. The predicted octanol–water partition coefficient (Wildman–Crippen LogP) is 4.44. The summed E-state index contributed by atoms with van der Waals surface area (Å²) in [7, 11) is 0. The molecule has 0 radical (unpaired) electrons. The number of Topliss-reactive ketones (excluding diaryl/α,β-unsaturated/α-hetero) is 3. The van der Waals surface area contributed by atoms with Crippen molar-refractivity contribution in [2.75, 3.05) is 0 Å². The van der Waals surface area contributed by atoms with Crippen LogP contribution in [-0.4, -0.2) is 69.5 Å². The molecule has 0 aromatic heterocycles. The summed E-state index contributed by atoms with van der Waals surface area (Å²) in [5, 5.41) is 24.0. The first-order valence-electron chi connectivity index (χ1n) is 17.9. The Morgan fingerprint density at radius 3 is 1.70 bits per heavy atom. The maximum atomic E-state index is 15.1. The van der Waals surface area contributed by atoms with Crippen molar-refractivity contribution >= 4 is 29.3 Å². The molecule has 50 heavy (non-hydrogen) atoms. The first kappa shape index (κ1) is 34.8. The molecular formula is C40H48O10. The van der Waals surface area contributed by atoms with Gasteiger partial charge in [0, 0.05) is 45.6 Å². The highest BCUT2D eigenvalue weighted by Gasteiger charge is 2.70. The molecular weight excluding hydrogens is 640 g/mol. The molecule has 0 spiro atoms. The summed E-state index contributed by atoms with van der Waals surface area (Å²) in [5.74, 6) is -7.64. The number of ketones is 3. The number of carbonyl (C=O) groups excluding carboxylic acids is 5. The van der Waals surface area contributed by atoms with Crippen LogP contribution in [0, 0.1) is 46.3 Å². The van der Waals surface area contributed by atoms with Gasteiger partial charge in [-0.25, -0.2) is 9.59 Å². The van der Waals surface area contributed by atoms with E-state index < -0.39 is 94.1 Å². The molecule has 3 aliphatic heterocycles. The molecule has 7 aliphatic rings.